The molecular formula is C19H24N4O2S. The molecule has 138 valence electrons. The van der Waals surface area contributed by atoms with Crippen LogP contribution in [0.4, 0.5) is 11.4 Å². The molecule has 1 fully saturated rings. The summed E-state index contributed by atoms with van der Waals surface area (Å²) in [7, 11) is 2.13. The Morgan fingerprint density at radius 3 is 2.69 bits per heavy atom. The first-order valence-electron chi connectivity index (χ1n) is 8.77. The van der Waals surface area contributed by atoms with E-state index in [9.17, 15) is 10.1 Å². The molecule has 0 atom stereocenters. The third-order valence-electron chi connectivity index (χ3n) is 4.69. The zero-order valence-corrected chi connectivity index (χ0v) is 16.3. The van der Waals surface area contributed by atoms with E-state index in [0.717, 1.165) is 48.2 Å². The number of allylic oxidation sites excluding steroid dienone is 3. The van der Waals surface area contributed by atoms with Gasteiger partial charge in [0.25, 0.3) is 5.69 Å². The number of piperazine rings is 1. The number of nitrogens with zero attached hydrogens (tertiary/aromatic N) is 4. The van der Waals surface area contributed by atoms with Crippen molar-refractivity contribution in [3.8, 4) is 0 Å². The molecule has 0 bridgehead atoms. The van der Waals surface area contributed by atoms with Gasteiger partial charge in [-0.3, -0.25) is 10.1 Å². The molecule has 1 aromatic rings. The molecule has 0 spiro atoms. The van der Waals surface area contributed by atoms with E-state index in [0.29, 0.717) is 6.42 Å². The summed E-state index contributed by atoms with van der Waals surface area (Å²) in [5, 5.41) is 11.1. The molecule has 2 aliphatic heterocycles. The minimum atomic E-state index is -0.343. The second-order valence-corrected chi connectivity index (χ2v) is 7.99. The topological polar surface area (TPSA) is 62.0 Å². The first kappa shape index (κ1) is 18.7. The largest absolute Gasteiger partial charge is 0.354 e. The molecule has 1 aromatic carbocycles. The Kier molecular flexibility index (Phi) is 5.78. The van der Waals surface area contributed by atoms with Crippen molar-refractivity contribution in [2.45, 2.75) is 20.3 Å². The van der Waals surface area contributed by atoms with Gasteiger partial charge in [0.05, 0.1) is 10.6 Å². The molecule has 2 aliphatic rings. The smallest absolute Gasteiger partial charge is 0.269 e. The van der Waals surface area contributed by atoms with E-state index in [4.69, 9.17) is 4.99 Å². The highest BCUT2D eigenvalue weighted by molar-refractivity contribution is 8.06. The Bertz CT molecular complexity index is 793. The molecule has 3 rings (SSSR count). The number of benzene rings is 1. The number of hydrogen-bond donors (Lipinski definition) is 0. The first-order valence-corrected chi connectivity index (χ1v) is 9.58. The van der Waals surface area contributed by atoms with Gasteiger partial charge in [0.2, 0.25) is 0 Å². The van der Waals surface area contributed by atoms with Crippen LogP contribution < -0.4 is 0 Å². The van der Waals surface area contributed by atoms with Crippen LogP contribution >= 0.6 is 11.8 Å². The molecule has 0 unspecified atom stereocenters. The number of nitro benzene ring substituents is 1. The Labute approximate surface area is 158 Å². The SMILES string of the molecule is C/C=C(/C)SC1=CC(N2CCN(C)CC2)=Nc2ccc([N+](=O)[O-])cc2C1. The predicted molar refractivity (Wildman–Crippen MR) is 108 cm³/mol. The van der Waals surface area contributed by atoms with Crippen molar-refractivity contribution >= 4 is 29.0 Å². The van der Waals surface area contributed by atoms with Crippen molar-refractivity contribution in [1.82, 2.24) is 9.80 Å². The van der Waals surface area contributed by atoms with E-state index in [1.165, 1.54) is 4.91 Å². The standard InChI is InChI=1S/C19H24N4O2S/c1-4-14(2)26-17-12-15-11-16(23(24)25)5-6-18(15)20-19(13-17)22-9-7-21(3)8-10-22/h4-6,11,13H,7-10,12H2,1-3H3/b14-4-. The number of fused-ring (bicyclic) bond motifs is 1. The van der Waals surface area contributed by atoms with Crippen LogP contribution in [0.25, 0.3) is 0 Å². The minimum Gasteiger partial charge on any atom is -0.354 e. The lowest BCUT2D eigenvalue weighted by Crippen LogP contribution is -2.46. The van der Waals surface area contributed by atoms with Gasteiger partial charge in [-0.2, -0.15) is 0 Å². The highest BCUT2D eigenvalue weighted by Crippen LogP contribution is 2.35. The molecule has 2 heterocycles. The second kappa shape index (κ2) is 8.05. The van der Waals surface area contributed by atoms with Crippen molar-refractivity contribution in [2.75, 3.05) is 33.2 Å². The Morgan fingerprint density at radius 1 is 1.31 bits per heavy atom. The van der Waals surface area contributed by atoms with Gasteiger partial charge in [-0.05, 0) is 48.4 Å². The van der Waals surface area contributed by atoms with E-state index in [1.54, 1.807) is 30.0 Å². The maximum atomic E-state index is 11.1. The summed E-state index contributed by atoms with van der Waals surface area (Å²) < 4.78 is 0. The number of hydrogen-bond acceptors (Lipinski definition) is 6. The van der Waals surface area contributed by atoms with Crippen LogP contribution in [0.3, 0.4) is 0 Å². The van der Waals surface area contributed by atoms with Gasteiger partial charge < -0.3 is 9.80 Å². The van der Waals surface area contributed by atoms with Crippen LogP contribution in [-0.2, 0) is 6.42 Å². The minimum absolute atomic E-state index is 0.120. The van der Waals surface area contributed by atoms with Gasteiger partial charge in [0.15, 0.2) is 0 Å². The van der Waals surface area contributed by atoms with Gasteiger partial charge in [-0.25, -0.2) is 4.99 Å². The molecule has 0 amide bonds. The monoisotopic (exact) mass is 372 g/mol. The van der Waals surface area contributed by atoms with Gasteiger partial charge in [0, 0.05) is 44.7 Å². The van der Waals surface area contributed by atoms with Gasteiger partial charge >= 0.3 is 0 Å². The van der Waals surface area contributed by atoms with Crippen LogP contribution in [0, 0.1) is 10.1 Å². The fourth-order valence-electron chi connectivity index (χ4n) is 3.00. The number of non-ortho nitro benzene ring substituents is 1. The van der Waals surface area contributed by atoms with E-state index in [1.807, 2.05) is 6.92 Å². The second-order valence-electron chi connectivity index (χ2n) is 6.62. The zero-order valence-electron chi connectivity index (χ0n) is 15.4. The van der Waals surface area contributed by atoms with Crippen LogP contribution in [0.2, 0.25) is 0 Å². The molecule has 7 heteroatoms. The zero-order chi connectivity index (χ0) is 18.7. The Balaban J connectivity index is 1.99. The summed E-state index contributed by atoms with van der Waals surface area (Å²) in [5.41, 5.74) is 1.86. The maximum Gasteiger partial charge on any atom is 0.269 e. The third-order valence-corrected chi connectivity index (χ3v) is 5.77. The van der Waals surface area contributed by atoms with Crippen molar-refractivity contribution in [3.05, 3.63) is 55.8 Å². The number of amidine groups is 1. The Hall–Kier alpha value is -2.12. The van der Waals surface area contributed by atoms with E-state index < -0.39 is 0 Å². The quantitative estimate of drug-likeness (QED) is 0.593. The van der Waals surface area contributed by atoms with Crippen LogP contribution in [0.5, 0.6) is 0 Å². The molecular weight excluding hydrogens is 348 g/mol. The number of nitro groups is 1. The van der Waals surface area contributed by atoms with Crippen molar-refractivity contribution in [3.63, 3.8) is 0 Å². The molecule has 0 saturated carbocycles. The van der Waals surface area contributed by atoms with Gasteiger partial charge in [-0.15, -0.1) is 0 Å². The lowest BCUT2D eigenvalue weighted by atomic mass is 10.1. The van der Waals surface area contributed by atoms with Crippen LogP contribution in [0.15, 0.2) is 45.2 Å². The molecule has 0 aromatic heterocycles. The number of aliphatic imine (C=N–C) groups is 1. The lowest BCUT2D eigenvalue weighted by molar-refractivity contribution is -0.384. The van der Waals surface area contributed by atoms with Crippen molar-refractivity contribution in [1.29, 1.82) is 0 Å². The first-order chi connectivity index (χ1) is 12.5. The number of likely N-dealkylation sites (N-methyl/N-ethyl adjacent to an activating group) is 1. The normalized spacial score (nSPS) is 18.7. The molecule has 0 N–H and O–H groups in total. The summed E-state index contributed by atoms with van der Waals surface area (Å²) in [6, 6.07) is 4.97. The average molecular weight is 372 g/mol. The molecule has 0 radical (unpaired) electrons. The third kappa shape index (κ3) is 4.34. The number of thioether (sulfide) groups is 1. The summed E-state index contributed by atoms with van der Waals surface area (Å²) in [6.07, 6.45) is 4.89. The molecule has 6 nitrogen and oxygen atoms in total. The maximum absolute atomic E-state index is 11.1. The fourth-order valence-corrected chi connectivity index (χ4v) is 3.93. The summed E-state index contributed by atoms with van der Waals surface area (Å²) in [6.45, 7) is 8.00. The van der Waals surface area contributed by atoms with Crippen LogP contribution in [0.1, 0.15) is 19.4 Å². The lowest BCUT2D eigenvalue weighted by Gasteiger charge is -2.33. The highest BCUT2D eigenvalue weighted by Gasteiger charge is 2.21. The van der Waals surface area contributed by atoms with Gasteiger partial charge in [-0.1, -0.05) is 17.8 Å². The molecule has 1 saturated heterocycles. The van der Waals surface area contributed by atoms with E-state index in [2.05, 4.69) is 35.9 Å². The highest BCUT2D eigenvalue weighted by atomic mass is 32.2. The molecule has 26 heavy (non-hydrogen) atoms. The summed E-state index contributed by atoms with van der Waals surface area (Å²) >= 11 is 1.71. The van der Waals surface area contributed by atoms with Crippen LogP contribution in [-0.4, -0.2) is 53.8 Å². The molecule has 0 aliphatic carbocycles. The van der Waals surface area contributed by atoms with Gasteiger partial charge in [0.1, 0.15) is 5.84 Å². The van der Waals surface area contributed by atoms with E-state index >= 15 is 0 Å². The fraction of sp³-hybridized carbons (Fsp3) is 0.421. The summed E-state index contributed by atoms with van der Waals surface area (Å²) in [5.74, 6) is 0.956. The van der Waals surface area contributed by atoms with Crippen molar-refractivity contribution in [2.24, 2.45) is 4.99 Å². The predicted octanol–water partition coefficient (Wildman–Crippen LogP) is 3.97. The van der Waals surface area contributed by atoms with E-state index in [-0.39, 0.29) is 10.6 Å². The Morgan fingerprint density at radius 2 is 2.04 bits per heavy atom. The van der Waals surface area contributed by atoms with Crippen molar-refractivity contribution < 1.29 is 4.92 Å². The summed E-state index contributed by atoms with van der Waals surface area (Å²) in [4.78, 5) is 22.7. The average Bonchev–Trinajstić information content (AvgIpc) is 2.80. The number of rotatable bonds is 3.